The highest BCUT2D eigenvalue weighted by atomic mass is 32.2. The van der Waals surface area contributed by atoms with E-state index >= 15 is 0 Å². The number of esters is 1. The third-order valence-electron chi connectivity index (χ3n) is 4.53. The van der Waals surface area contributed by atoms with Crippen molar-refractivity contribution in [1.82, 2.24) is 0 Å². The molecule has 0 amide bonds. The van der Waals surface area contributed by atoms with E-state index in [1.54, 1.807) is 19.1 Å². The Hall–Kier alpha value is -2.59. The van der Waals surface area contributed by atoms with Crippen molar-refractivity contribution < 1.29 is 22.9 Å². The lowest BCUT2D eigenvalue weighted by Crippen LogP contribution is -2.34. The van der Waals surface area contributed by atoms with E-state index in [4.69, 9.17) is 4.74 Å². The molecule has 0 heterocycles. The second-order valence-electron chi connectivity index (χ2n) is 7.43. The number of rotatable bonds is 11. The predicted molar refractivity (Wildman–Crippen MR) is 126 cm³/mol. The van der Waals surface area contributed by atoms with Gasteiger partial charge in [0.2, 0.25) is 0 Å². The van der Waals surface area contributed by atoms with Crippen LogP contribution in [0.1, 0.15) is 33.3 Å². The molecule has 0 aromatic heterocycles. The Morgan fingerprint density at radius 1 is 1.16 bits per heavy atom. The van der Waals surface area contributed by atoms with Crippen LogP contribution in [0.15, 0.2) is 52.3 Å². The van der Waals surface area contributed by atoms with Gasteiger partial charge in [-0.25, -0.2) is 8.42 Å². The van der Waals surface area contributed by atoms with Gasteiger partial charge in [0.1, 0.15) is 0 Å². The number of nitro groups is 1. The van der Waals surface area contributed by atoms with E-state index in [1.165, 1.54) is 16.4 Å². The van der Waals surface area contributed by atoms with Gasteiger partial charge in [-0.15, -0.1) is 11.8 Å². The van der Waals surface area contributed by atoms with E-state index in [0.29, 0.717) is 5.69 Å². The van der Waals surface area contributed by atoms with Crippen molar-refractivity contribution in [1.29, 1.82) is 0 Å². The number of sulfonamides is 1. The highest BCUT2D eigenvalue weighted by molar-refractivity contribution is 8.00. The Labute approximate surface area is 193 Å². The van der Waals surface area contributed by atoms with Gasteiger partial charge >= 0.3 is 5.97 Å². The second-order valence-corrected chi connectivity index (χ2v) is 10.3. The largest absolute Gasteiger partial charge is 0.465 e. The first-order chi connectivity index (χ1) is 15.1. The predicted octanol–water partition coefficient (Wildman–Crippen LogP) is 4.66. The molecule has 2 aromatic carbocycles. The maximum Gasteiger partial charge on any atom is 0.316 e. The molecule has 0 aliphatic heterocycles. The maximum absolute atomic E-state index is 13.6. The summed E-state index contributed by atoms with van der Waals surface area (Å²) in [5.74, 6) is -0.643. The molecule has 0 aliphatic carbocycles. The van der Waals surface area contributed by atoms with Gasteiger partial charge in [0, 0.05) is 12.6 Å². The molecule has 2 aromatic rings. The lowest BCUT2D eigenvalue weighted by Gasteiger charge is -2.26. The Bertz CT molecular complexity index is 1050. The monoisotopic (exact) mass is 480 g/mol. The molecule has 32 heavy (non-hydrogen) atoms. The number of anilines is 1. The third kappa shape index (κ3) is 6.46. The fraction of sp³-hybridized carbons (Fsp3) is 0.409. The van der Waals surface area contributed by atoms with E-state index in [2.05, 4.69) is 0 Å². The van der Waals surface area contributed by atoms with Gasteiger partial charge in [-0.3, -0.25) is 19.2 Å². The topological polar surface area (TPSA) is 107 Å². The first-order valence-electron chi connectivity index (χ1n) is 10.3. The summed E-state index contributed by atoms with van der Waals surface area (Å²) in [4.78, 5) is 22.6. The molecule has 0 N–H and O–H groups in total. The van der Waals surface area contributed by atoms with Crippen LogP contribution in [0.3, 0.4) is 0 Å². The molecule has 10 heteroatoms. The molecule has 0 fully saturated rings. The molecule has 2 rings (SSSR count). The van der Waals surface area contributed by atoms with Crippen LogP contribution in [-0.2, 0) is 26.0 Å². The molecule has 0 saturated heterocycles. The summed E-state index contributed by atoms with van der Waals surface area (Å²) in [5.41, 5.74) is 1.35. The molecule has 174 valence electrons. The van der Waals surface area contributed by atoms with E-state index in [-0.39, 0.29) is 40.3 Å². The Morgan fingerprint density at radius 3 is 2.34 bits per heavy atom. The zero-order valence-corrected chi connectivity index (χ0v) is 20.2. The summed E-state index contributed by atoms with van der Waals surface area (Å²) in [5, 5.41) is 11.4. The molecular formula is C22H28N2O6S2. The Kier molecular flexibility index (Phi) is 9.09. The lowest BCUT2D eigenvalue weighted by atomic mass is 10.1. The van der Waals surface area contributed by atoms with Crippen LogP contribution in [0, 0.1) is 16.0 Å². The van der Waals surface area contributed by atoms with Crippen LogP contribution in [-0.4, -0.2) is 38.2 Å². The number of carbonyl (C=O) groups is 1. The summed E-state index contributed by atoms with van der Waals surface area (Å²) in [6.07, 6.45) is 0.834. The van der Waals surface area contributed by atoms with E-state index in [1.807, 2.05) is 32.9 Å². The quantitative estimate of drug-likeness (QED) is 0.199. The summed E-state index contributed by atoms with van der Waals surface area (Å²) in [7, 11) is -4.00. The fourth-order valence-corrected chi connectivity index (χ4v) is 5.55. The third-order valence-corrected chi connectivity index (χ3v) is 7.34. The van der Waals surface area contributed by atoms with Crippen molar-refractivity contribution in [3.63, 3.8) is 0 Å². The number of thioether (sulfide) groups is 1. The van der Waals surface area contributed by atoms with E-state index in [9.17, 15) is 23.3 Å². The van der Waals surface area contributed by atoms with Gasteiger partial charge in [-0.05, 0) is 49.1 Å². The molecular weight excluding hydrogens is 452 g/mol. The van der Waals surface area contributed by atoms with Gasteiger partial charge in [0.25, 0.3) is 15.7 Å². The van der Waals surface area contributed by atoms with Crippen LogP contribution < -0.4 is 4.31 Å². The molecule has 0 spiro atoms. The fourth-order valence-electron chi connectivity index (χ4n) is 2.96. The van der Waals surface area contributed by atoms with Gasteiger partial charge in [0.15, 0.2) is 0 Å². The van der Waals surface area contributed by atoms with Gasteiger partial charge in [-0.2, -0.15) is 0 Å². The lowest BCUT2D eigenvalue weighted by molar-refractivity contribution is -0.387. The summed E-state index contributed by atoms with van der Waals surface area (Å²) < 4.78 is 33.3. The highest BCUT2D eigenvalue weighted by Crippen LogP contribution is 2.34. The van der Waals surface area contributed by atoms with Crippen molar-refractivity contribution >= 4 is 39.1 Å². The Balaban J connectivity index is 2.49. The first kappa shape index (κ1) is 25.7. The van der Waals surface area contributed by atoms with Crippen molar-refractivity contribution in [3.8, 4) is 0 Å². The number of nitrogens with zero attached hydrogens (tertiary/aromatic N) is 2. The van der Waals surface area contributed by atoms with Gasteiger partial charge in [-0.1, -0.05) is 32.9 Å². The number of hydrogen-bond acceptors (Lipinski definition) is 7. The van der Waals surface area contributed by atoms with Gasteiger partial charge < -0.3 is 4.74 Å². The normalized spacial score (nSPS) is 11.4. The highest BCUT2D eigenvalue weighted by Gasteiger charge is 2.28. The maximum atomic E-state index is 13.6. The van der Waals surface area contributed by atoms with Crippen molar-refractivity contribution in [3.05, 3.63) is 58.1 Å². The van der Waals surface area contributed by atoms with Crippen LogP contribution in [0.4, 0.5) is 11.4 Å². The van der Waals surface area contributed by atoms with Crippen LogP contribution >= 0.6 is 11.8 Å². The minimum atomic E-state index is -4.00. The number of carbonyl (C=O) groups excluding carboxylic acids is 1. The molecule has 0 saturated carbocycles. The molecule has 0 bridgehead atoms. The number of nitro benzene ring substituents is 1. The summed E-state index contributed by atoms with van der Waals surface area (Å²) in [6.45, 7) is 7.95. The molecule has 0 radical (unpaired) electrons. The SMILES string of the molecule is CCOC(=O)CSc1cc(S(=O)(=O)N(CC(C)C)c2ccc(CC)cc2)ccc1[N+](=O)[O-]. The average Bonchev–Trinajstić information content (AvgIpc) is 2.75. The number of aryl methyl sites for hydroxylation is 1. The van der Waals surface area contributed by atoms with Crippen molar-refractivity contribution in [2.75, 3.05) is 23.2 Å². The summed E-state index contributed by atoms with van der Waals surface area (Å²) >= 11 is 0.881. The van der Waals surface area contributed by atoms with Crippen molar-refractivity contribution in [2.45, 2.75) is 43.9 Å². The number of ether oxygens (including phenoxy) is 1. The smallest absolute Gasteiger partial charge is 0.316 e. The van der Waals surface area contributed by atoms with E-state index in [0.717, 1.165) is 29.8 Å². The van der Waals surface area contributed by atoms with Gasteiger partial charge in [0.05, 0.1) is 32.8 Å². The standard InChI is InChI=1S/C22H28N2O6S2/c1-5-17-7-9-18(10-8-17)23(14-16(3)4)32(28,29)19-11-12-20(24(26)27)21(13-19)31-15-22(25)30-6-2/h7-13,16H,5-6,14-15H2,1-4H3. The molecule has 8 nitrogen and oxygen atoms in total. The summed E-state index contributed by atoms with van der Waals surface area (Å²) in [6, 6.07) is 10.9. The van der Waals surface area contributed by atoms with Crippen LogP contribution in [0.25, 0.3) is 0 Å². The number of hydrogen-bond donors (Lipinski definition) is 0. The van der Waals surface area contributed by atoms with Crippen LogP contribution in [0.5, 0.6) is 0 Å². The van der Waals surface area contributed by atoms with Crippen molar-refractivity contribution in [2.24, 2.45) is 5.92 Å². The Morgan fingerprint density at radius 2 is 1.81 bits per heavy atom. The van der Waals surface area contributed by atoms with Crippen LogP contribution in [0.2, 0.25) is 0 Å². The zero-order valence-electron chi connectivity index (χ0n) is 18.6. The minimum absolute atomic E-state index is 0.0475. The molecule has 0 aliphatic rings. The minimum Gasteiger partial charge on any atom is -0.465 e. The number of benzene rings is 2. The zero-order chi connectivity index (χ0) is 23.9. The first-order valence-corrected chi connectivity index (χ1v) is 12.7. The second kappa shape index (κ2) is 11.3. The average molecular weight is 481 g/mol. The molecule has 0 unspecified atom stereocenters. The molecule has 0 atom stereocenters. The van der Waals surface area contributed by atoms with E-state index < -0.39 is 20.9 Å².